The van der Waals surface area contributed by atoms with Crippen LogP contribution in [-0.4, -0.2) is 62.3 Å². The summed E-state index contributed by atoms with van der Waals surface area (Å²) >= 11 is 1.53. The number of hydrogen-bond donors (Lipinski definition) is 0. The number of aromatic nitrogens is 1. The number of thiazole rings is 1. The van der Waals surface area contributed by atoms with Gasteiger partial charge in [0.2, 0.25) is 0 Å². The maximum absolute atomic E-state index is 13.6. The van der Waals surface area contributed by atoms with E-state index in [4.69, 9.17) is 14.5 Å². The Balaban J connectivity index is 1.61. The second kappa shape index (κ2) is 9.77. The molecule has 6 nitrogen and oxygen atoms in total. The summed E-state index contributed by atoms with van der Waals surface area (Å²) in [6, 6.07) is 11.9. The van der Waals surface area contributed by atoms with Crippen LogP contribution in [0.15, 0.2) is 36.4 Å². The summed E-state index contributed by atoms with van der Waals surface area (Å²) in [6.07, 6.45) is 0.885. The maximum atomic E-state index is 13.6. The molecule has 0 spiro atoms. The van der Waals surface area contributed by atoms with Crippen LogP contribution in [-0.2, 0) is 4.74 Å². The summed E-state index contributed by atoms with van der Waals surface area (Å²) in [5.74, 6) is 0.802. The first-order chi connectivity index (χ1) is 15.0. The molecule has 7 heteroatoms. The molecule has 1 aromatic heterocycles. The molecule has 2 aromatic carbocycles. The number of nitrogens with zero attached hydrogens (tertiary/aromatic N) is 3. The Labute approximate surface area is 187 Å². The third-order valence-corrected chi connectivity index (χ3v) is 6.68. The molecule has 1 amide bonds. The van der Waals surface area contributed by atoms with Crippen LogP contribution < -0.4 is 9.64 Å². The van der Waals surface area contributed by atoms with Crippen LogP contribution in [0, 0.1) is 13.8 Å². The number of carbonyl (C=O) groups excluding carboxylic acids is 1. The normalized spacial score (nSPS) is 14.7. The van der Waals surface area contributed by atoms with Crippen molar-refractivity contribution in [3.63, 3.8) is 0 Å². The first-order valence-electron chi connectivity index (χ1n) is 10.7. The van der Waals surface area contributed by atoms with Crippen LogP contribution in [0.4, 0.5) is 5.13 Å². The highest BCUT2D eigenvalue weighted by Gasteiger charge is 2.23. The van der Waals surface area contributed by atoms with E-state index < -0.39 is 0 Å². The lowest BCUT2D eigenvalue weighted by Crippen LogP contribution is -2.39. The van der Waals surface area contributed by atoms with E-state index in [9.17, 15) is 4.79 Å². The third kappa shape index (κ3) is 5.06. The average molecular weight is 440 g/mol. The first kappa shape index (κ1) is 21.7. The molecule has 1 saturated heterocycles. The monoisotopic (exact) mass is 439 g/mol. The van der Waals surface area contributed by atoms with Crippen molar-refractivity contribution in [1.82, 2.24) is 9.88 Å². The van der Waals surface area contributed by atoms with Gasteiger partial charge in [-0.25, -0.2) is 4.98 Å². The van der Waals surface area contributed by atoms with E-state index in [0.717, 1.165) is 77.1 Å². The van der Waals surface area contributed by atoms with Gasteiger partial charge in [-0.15, -0.1) is 0 Å². The molecule has 2 heterocycles. The van der Waals surface area contributed by atoms with Crippen LogP contribution in [0.2, 0.25) is 0 Å². The van der Waals surface area contributed by atoms with Gasteiger partial charge in [0.15, 0.2) is 5.13 Å². The number of morpholine rings is 1. The van der Waals surface area contributed by atoms with Gasteiger partial charge in [-0.3, -0.25) is 14.6 Å². The lowest BCUT2D eigenvalue weighted by molar-refractivity contribution is 0.0376. The SMILES string of the molecule is COc1ccc2nc(N(CCCN3CCOCC3)C(=O)c3cc(C)ccc3C)sc2c1. The molecular formula is C24H29N3O3S. The van der Waals surface area contributed by atoms with Crippen molar-refractivity contribution in [2.24, 2.45) is 0 Å². The highest BCUT2D eigenvalue weighted by atomic mass is 32.1. The summed E-state index contributed by atoms with van der Waals surface area (Å²) in [6.45, 7) is 9.04. The number of ether oxygens (including phenoxy) is 2. The minimum atomic E-state index is 0.00852. The number of carbonyl (C=O) groups is 1. The standard InChI is InChI=1S/C24H29N3O3S/c1-17-5-6-18(2)20(15-17)23(28)27(10-4-9-26-11-13-30-14-12-26)24-25-21-8-7-19(29-3)16-22(21)31-24/h5-8,15-16H,4,9-14H2,1-3H3. The predicted octanol–water partition coefficient (Wildman–Crippen LogP) is 4.29. The maximum Gasteiger partial charge on any atom is 0.260 e. The van der Waals surface area contributed by atoms with Gasteiger partial charge in [-0.2, -0.15) is 0 Å². The fourth-order valence-electron chi connectivity index (χ4n) is 3.81. The van der Waals surface area contributed by atoms with E-state index in [0.29, 0.717) is 6.54 Å². The zero-order valence-corrected chi connectivity index (χ0v) is 19.2. The zero-order chi connectivity index (χ0) is 21.8. The van der Waals surface area contributed by atoms with Gasteiger partial charge in [0.25, 0.3) is 5.91 Å². The summed E-state index contributed by atoms with van der Waals surface area (Å²) in [5, 5.41) is 0.733. The fraction of sp³-hybridized carbons (Fsp3) is 0.417. The Morgan fingerprint density at radius 1 is 1.19 bits per heavy atom. The largest absolute Gasteiger partial charge is 0.497 e. The van der Waals surface area contributed by atoms with Gasteiger partial charge in [0.1, 0.15) is 5.75 Å². The second-order valence-electron chi connectivity index (χ2n) is 7.91. The Morgan fingerprint density at radius 3 is 2.77 bits per heavy atom. The Morgan fingerprint density at radius 2 is 2.00 bits per heavy atom. The summed E-state index contributed by atoms with van der Waals surface area (Å²) in [5.41, 5.74) is 3.68. The van der Waals surface area contributed by atoms with Crippen molar-refractivity contribution in [3.05, 3.63) is 53.1 Å². The molecule has 1 fully saturated rings. The Kier molecular flexibility index (Phi) is 6.85. The number of fused-ring (bicyclic) bond motifs is 1. The molecule has 1 aliphatic rings. The molecular weight excluding hydrogens is 410 g/mol. The second-order valence-corrected chi connectivity index (χ2v) is 8.92. The number of amides is 1. The summed E-state index contributed by atoms with van der Waals surface area (Å²) < 4.78 is 11.8. The van der Waals surface area contributed by atoms with Gasteiger partial charge in [0.05, 0.1) is 30.5 Å². The number of aryl methyl sites for hydroxylation is 2. The van der Waals surface area contributed by atoms with Crippen LogP contribution in [0.5, 0.6) is 5.75 Å². The zero-order valence-electron chi connectivity index (χ0n) is 18.4. The molecule has 0 aliphatic carbocycles. The number of rotatable bonds is 7. The van der Waals surface area contributed by atoms with E-state index in [1.165, 1.54) is 11.3 Å². The first-order valence-corrected chi connectivity index (χ1v) is 11.5. The molecule has 0 radical (unpaired) electrons. The summed E-state index contributed by atoms with van der Waals surface area (Å²) in [7, 11) is 1.66. The van der Waals surface area contributed by atoms with E-state index in [2.05, 4.69) is 4.90 Å². The average Bonchev–Trinajstić information content (AvgIpc) is 3.21. The molecule has 0 atom stereocenters. The topological polar surface area (TPSA) is 54.9 Å². The van der Waals surface area contributed by atoms with Gasteiger partial charge < -0.3 is 9.47 Å². The molecule has 164 valence electrons. The van der Waals surface area contributed by atoms with Crippen LogP contribution >= 0.6 is 11.3 Å². The molecule has 3 aromatic rings. The van der Waals surface area contributed by atoms with E-state index in [1.54, 1.807) is 7.11 Å². The van der Waals surface area contributed by atoms with Crippen molar-refractivity contribution in [2.45, 2.75) is 20.3 Å². The molecule has 0 saturated carbocycles. The van der Waals surface area contributed by atoms with Crippen molar-refractivity contribution in [2.75, 3.05) is 51.4 Å². The van der Waals surface area contributed by atoms with E-state index >= 15 is 0 Å². The number of methoxy groups -OCH3 is 1. The van der Waals surface area contributed by atoms with Crippen molar-refractivity contribution in [3.8, 4) is 5.75 Å². The van der Waals surface area contributed by atoms with Crippen molar-refractivity contribution in [1.29, 1.82) is 0 Å². The highest BCUT2D eigenvalue weighted by Crippen LogP contribution is 2.32. The van der Waals surface area contributed by atoms with Crippen molar-refractivity contribution < 1.29 is 14.3 Å². The minimum Gasteiger partial charge on any atom is -0.497 e. The summed E-state index contributed by atoms with van der Waals surface area (Å²) in [4.78, 5) is 22.7. The van der Waals surface area contributed by atoms with Gasteiger partial charge in [0, 0.05) is 31.7 Å². The smallest absolute Gasteiger partial charge is 0.260 e. The van der Waals surface area contributed by atoms with Gasteiger partial charge in [-0.05, 0) is 50.1 Å². The highest BCUT2D eigenvalue weighted by molar-refractivity contribution is 7.22. The van der Waals surface area contributed by atoms with E-state index in [1.807, 2.05) is 55.1 Å². The Bertz CT molecular complexity index is 1060. The lowest BCUT2D eigenvalue weighted by Gasteiger charge is -2.28. The lowest BCUT2D eigenvalue weighted by atomic mass is 10.0. The van der Waals surface area contributed by atoms with Crippen molar-refractivity contribution >= 4 is 32.6 Å². The molecule has 0 N–H and O–H groups in total. The molecule has 4 rings (SSSR count). The van der Waals surface area contributed by atoms with Crippen LogP contribution in [0.1, 0.15) is 27.9 Å². The number of benzene rings is 2. The fourth-order valence-corrected chi connectivity index (χ4v) is 4.83. The van der Waals surface area contributed by atoms with Crippen LogP contribution in [0.25, 0.3) is 10.2 Å². The van der Waals surface area contributed by atoms with Gasteiger partial charge >= 0.3 is 0 Å². The molecule has 0 unspecified atom stereocenters. The number of anilines is 1. The van der Waals surface area contributed by atoms with Gasteiger partial charge in [-0.1, -0.05) is 29.0 Å². The minimum absolute atomic E-state index is 0.00852. The Hall–Kier alpha value is -2.48. The number of hydrogen-bond acceptors (Lipinski definition) is 6. The molecule has 31 heavy (non-hydrogen) atoms. The predicted molar refractivity (Wildman–Crippen MR) is 126 cm³/mol. The van der Waals surface area contributed by atoms with Crippen LogP contribution in [0.3, 0.4) is 0 Å². The van der Waals surface area contributed by atoms with E-state index in [-0.39, 0.29) is 5.91 Å². The molecule has 0 bridgehead atoms. The molecule has 1 aliphatic heterocycles. The quantitative estimate of drug-likeness (QED) is 0.550. The third-order valence-electron chi connectivity index (χ3n) is 5.64.